The minimum absolute atomic E-state index is 0.140. The third kappa shape index (κ3) is 4.38. The van der Waals surface area contributed by atoms with Crippen molar-refractivity contribution >= 4 is 29.1 Å². The quantitative estimate of drug-likeness (QED) is 0.889. The highest BCUT2D eigenvalue weighted by atomic mass is 35.5. The molecule has 2 rings (SSSR count). The van der Waals surface area contributed by atoms with Gasteiger partial charge in [0.2, 0.25) is 5.91 Å². The van der Waals surface area contributed by atoms with E-state index in [-0.39, 0.29) is 24.1 Å². The average Bonchev–Trinajstić information content (AvgIpc) is 2.38. The predicted molar refractivity (Wildman–Crippen MR) is 84.8 cm³/mol. The maximum Gasteiger partial charge on any atom is 0.224 e. The molecule has 0 spiro atoms. The lowest BCUT2D eigenvalue weighted by Gasteiger charge is -2.16. The first-order valence-electron chi connectivity index (χ1n) is 6.48. The lowest BCUT2D eigenvalue weighted by molar-refractivity contribution is -0.121. The molecule has 3 nitrogen and oxygen atoms in total. The van der Waals surface area contributed by atoms with Gasteiger partial charge in [0, 0.05) is 10.0 Å². The molecule has 0 saturated carbocycles. The average molecular weight is 324 g/mol. The predicted octanol–water partition coefficient (Wildman–Crippen LogP) is 4.12. The Kier molecular flexibility index (Phi) is 5.10. The number of hydrogen-bond acceptors (Lipinski definition) is 2. The van der Waals surface area contributed by atoms with Gasteiger partial charge in [-0.2, -0.15) is 0 Å². The summed E-state index contributed by atoms with van der Waals surface area (Å²) in [4.78, 5) is 12.0. The smallest absolute Gasteiger partial charge is 0.224 e. The number of carbonyl (C=O) groups excluding carboxylic acids is 1. The molecular formula is C16H15Cl2NO2. The summed E-state index contributed by atoms with van der Waals surface area (Å²) in [5.41, 5.74) is 1.56. The van der Waals surface area contributed by atoms with Crippen LogP contribution in [0.5, 0.6) is 5.75 Å². The molecule has 2 N–H and O–H groups in total. The second kappa shape index (κ2) is 6.83. The van der Waals surface area contributed by atoms with Gasteiger partial charge in [-0.25, -0.2) is 0 Å². The van der Waals surface area contributed by atoms with Gasteiger partial charge in [-0.15, -0.1) is 0 Å². The molecule has 0 aromatic heterocycles. The van der Waals surface area contributed by atoms with Gasteiger partial charge in [-0.05, 0) is 42.3 Å². The van der Waals surface area contributed by atoms with Gasteiger partial charge in [0.1, 0.15) is 5.75 Å². The monoisotopic (exact) mass is 323 g/mol. The molecule has 0 bridgehead atoms. The molecule has 21 heavy (non-hydrogen) atoms. The van der Waals surface area contributed by atoms with E-state index < -0.39 is 0 Å². The molecule has 0 aliphatic rings. The van der Waals surface area contributed by atoms with Crippen LogP contribution in [0, 0.1) is 0 Å². The summed E-state index contributed by atoms with van der Waals surface area (Å²) in [6.45, 7) is 1.86. The molecule has 1 unspecified atom stereocenters. The van der Waals surface area contributed by atoms with Gasteiger partial charge in [0.05, 0.1) is 12.5 Å². The number of benzene rings is 2. The summed E-state index contributed by atoms with van der Waals surface area (Å²) in [7, 11) is 0. The number of rotatable bonds is 4. The first-order valence-corrected chi connectivity index (χ1v) is 7.23. The van der Waals surface area contributed by atoms with E-state index in [9.17, 15) is 9.90 Å². The van der Waals surface area contributed by atoms with Crippen LogP contribution in [0.4, 0.5) is 0 Å². The second-order valence-electron chi connectivity index (χ2n) is 4.80. The van der Waals surface area contributed by atoms with Crippen molar-refractivity contribution in [3.8, 4) is 5.75 Å². The molecule has 2 aromatic rings. The van der Waals surface area contributed by atoms with Crippen LogP contribution in [0.2, 0.25) is 10.0 Å². The SMILES string of the molecule is CC(NC(=O)Cc1cccc(O)c1)c1ccc(Cl)cc1Cl. The summed E-state index contributed by atoms with van der Waals surface area (Å²) in [5.74, 6) is 0.00760. The number of halogens is 2. The normalized spacial score (nSPS) is 12.0. The van der Waals surface area contributed by atoms with E-state index in [1.54, 1.807) is 42.5 Å². The lowest BCUT2D eigenvalue weighted by atomic mass is 10.1. The molecule has 0 saturated heterocycles. The molecule has 2 aromatic carbocycles. The number of hydrogen-bond donors (Lipinski definition) is 2. The van der Waals surface area contributed by atoms with Crippen molar-refractivity contribution in [2.45, 2.75) is 19.4 Å². The third-order valence-corrected chi connectivity index (χ3v) is 3.64. The van der Waals surface area contributed by atoms with Crippen molar-refractivity contribution in [1.82, 2.24) is 5.32 Å². The van der Waals surface area contributed by atoms with E-state index in [1.165, 1.54) is 0 Å². The number of nitrogens with one attached hydrogen (secondary N) is 1. The topological polar surface area (TPSA) is 49.3 Å². The van der Waals surface area contributed by atoms with Crippen LogP contribution in [0.1, 0.15) is 24.1 Å². The zero-order valence-electron chi connectivity index (χ0n) is 11.4. The number of carbonyl (C=O) groups is 1. The highest BCUT2D eigenvalue weighted by Gasteiger charge is 2.13. The van der Waals surface area contributed by atoms with Crippen molar-refractivity contribution < 1.29 is 9.90 Å². The number of phenolic OH excluding ortho intramolecular Hbond substituents is 1. The zero-order chi connectivity index (χ0) is 15.4. The van der Waals surface area contributed by atoms with Gasteiger partial charge < -0.3 is 10.4 Å². The van der Waals surface area contributed by atoms with Crippen LogP contribution in [-0.4, -0.2) is 11.0 Å². The number of aromatic hydroxyl groups is 1. The van der Waals surface area contributed by atoms with Crippen molar-refractivity contribution in [3.63, 3.8) is 0 Å². The fourth-order valence-electron chi connectivity index (χ4n) is 2.07. The summed E-state index contributed by atoms with van der Waals surface area (Å²) in [5, 5.41) is 13.3. The van der Waals surface area contributed by atoms with Gasteiger partial charge in [-0.3, -0.25) is 4.79 Å². The minimum Gasteiger partial charge on any atom is -0.508 e. The molecule has 110 valence electrons. The Bertz CT molecular complexity index is 658. The van der Waals surface area contributed by atoms with E-state index in [2.05, 4.69) is 5.32 Å². The molecule has 1 atom stereocenters. The van der Waals surface area contributed by atoms with Crippen LogP contribution >= 0.6 is 23.2 Å². The minimum atomic E-state index is -0.223. The van der Waals surface area contributed by atoms with Gasteiger partial charge in [0.15, 0.2) is 0 Å². The van der Waals surface area contributed by atoms with Crippen LogP contribution in [0.15, 0.2) is 42.5 Å². The highest BCUT2D eigenvalue weighted by Crippen LogP contribution is 2.26. The Labute approximate surface area is 133 Å². The van der Waals surface area contributed by atoms with E-state index in [1.807, 2.05) is 6.92 Å². The van der Waals surface area contributed by atoms with Crippen molar-refractivity contribution in [2.24, 2.45) is 0 Å². The Morgan fingerprint density at radius 2 is 2.00 bits per heavy atom. The Morgan fingerprint density at radius 1 is 1.24 bits per heavy atom. The summed E-state index contributed by atoms with van der Waals surface area (Å²) >= 11 is 12.0. The van der Waals surface area contributed by atoms with Gasteiger partial charge in [-0.1, -0.05) is 41.4 Å². The van der Waals surface area contributed by atoms with E-state index in [4.69, 9.17) is 23.2 Å². The zero-order valence-corrected chi connectivity index (χ0v) is 12.9. The van der Waals surface area contributed by atoms with Crippen LogP contribution < -0.4 is 5.32 Å². The Balaban J connectivity index is 2.02. The summed E-state index contributed by atoms with van der Waals surface area (Å²) in [6, 6.07) is 11.6. The second-order valence-corrected chi connectivity index (χ2v) is 5.65. The summed E-state index contributed by atoms with van der Waals surface area (Å²) in [6.07, 6.45) is 0.198. The van der Waals surface area contributed by atoms with Crippen molar-refractivity contribution in [3.05, 3.63) is 63.6 Å². The molecule has 0 fully saturated rings. The first kappa shape index (κ1) is 15.7. The fourth-order valence-corrected chi connectivity index (χ4v) is 2.65. The van der Waals surface area contributed by atoms with Gasteiger partial charge in [0.25, 0.3) is 0 Å². The molecule has 0 heterocycles. The molecule has 0 radical (unpaired) electrons. The molecule has 0 aliphatic carbocycles. The van der Waals surface area contributed by atoms with E-state index >= 15 is 0 Å². The largest absolute Gasteiger partial charge is 0.508 e. The van der Waals surface area contributed by atoms with E-state index in [0.717, 1.165) is 11.1 Å². The van der Waals surface area contributed by atoms with Crippen LogP contribution in [0.25, 0.3) is 0 Å². The molecule has 0 aliphatic heterocycles. The summed E-state index contributed by atoms with van der Waals surface area (Å²) < 4.78 is 0. The van der Waals surface area contributed by atoms with Gasteiger partial charge >= 0.3 is 0 Å². The highest BCUT2D eigenvalue weighted by molar-refractivity contribution is 6.35. The molecule has 5 heteroatoms. The fraction of sp³-hybridized carbons (Fsp3) is 0.188. The maximum absolute atomic E-state index is 12.0. The van der Waals surface area contributed by atoms with Crippen LogP contribution in [0.3, 0.4) is 0 Å². The Hall–Kier alpha value is -1.71. The first-order chi connectivity index (χ1) is 9.95. The van der Waals surface area contributed by atoms with Crippen molar-refractivity contribution in [2.75, 3.05) is 0 Å². The number of phenols is 1. The number of amides is 1. The van der Waals surface area contributed by atoms with Crippen molar-refractivity contribution in [1.29, 1.82) is 0 Å². The molecular weight excluding hydrogens is 309 g/mol. The third-order valence-electron chi connectivity index (χ3n) is 3.08. The molecule has 1 amide bonds. The standard InChI is InChI=1S/C16H15Cl2NO2/c1-10(14-6-5-12(17)9-15(14)18)19-16(21)8-11-3-2-4-13(20)7-11/h2-7,9-10,20H,8H2,1H3,(H,19,21). The van der Waals surface area contributed by atoms with E-state index in [0.29, 0.717) is 10.0 Å². The maximum atomic E-state index is 12.0. The Morgan fingerprint density at radius 3 is 2.67 bits per heavy atom. The van der Waals surface area contributed by atoms with Crippen LogP contribution in [-0.2, 0) is 11.2 Å². The lowest BCUT2D eigenvalue weighted by Crippen LogP contribution is -2.28.